The molecule has 0 bridgehead atoms. The molecule has 0 radical (unpaired) electrons. The maximum Gasteiger partial charge on any atom is 0.142 e. The van der Waals surface area contributed by atoms with E-state index < -0.39 is 0 Å². The second-order valence-corrected chi connectivity index (χ2v) is 4.82. The van der Waals surface area contributed by atoms with Crippen molar-refractivity contribution < 1.29 is 4.74 Å². The van der Waals surface area contributed by atoms with Gasteiger partial charge in [-0.15, -0.1) is 11.6 Å². The monoisotopic (exact) mass is 300 g/mol. The number of ether oxygens (including phenoxy) is 1. The highest BCUT2D eigenvalue weighted by molar-refractivity contribution is 6.32. The van der Waals surface area contributed by atoms with Crippen LogP contribution in [0.1, 0.15) is 11.1 Å². The average molecular weight is 302 g/mol. The minimum atomic E-state index is 0.360. The molecule has 2 aromatic rings. The Bertz CT molecular complexity index is 540. The highest BCUT2D eigenvalue weighted by Crippen LogP contribution is 2.31. The summed E-state index contributed by atoms with van der Waals surface area (Å²) in [5.41, 5.74) is 1.79. The first kappa shape index (κ1) is 13.5. The molecule has 0 aliphatic rings. The van der Waals surface area contributed by atoms with Gasteiger partial charge in [-0.05, 0) is 12.1 Å². The van der Waals surface area contributed by atoms with E-state index in [-0.39, 0.29) is 0 Å². The SMILES string of the molecule is ClCc1cccc(Cl)c1OCc1ccccc1Cl. The fraction of sp³-hybridized carbons (Fsp3) is 0.143. The van der Waals surface area contributed by atoms with Gasteiger partial charge in [-0.1, -0.05) is 53.5 Å². The summed E-state index contributed by atoms with van der Waals surface area (Å²) < 4.78 is 5.72. The predicted octanol–water partition coefficient (Wildman–Crippen LogP) is 5.31. The topological polar surface area (TPSA) is 9.23 Å². The summed E-state index contributed by atoms with van der Waals surface area (Å²) in [6.07, 6.45) is 0. The summed E-state index contributed by atoms with van der Waals surface area (Å²) in [6.45, 7) is 0.368. The highest BCUT2D eigenvalue weighted by Gasteiger charge is 2.08. The fourth-order valence-electron chi connectivity index (χ4n) is 1.59. The number of rotatable bonds is 4. The van der Waals surface area contributed by atoms with E-state index in [1.54, 1.807) is 6.07 Å². The molecular formula is C14H11Cl3O. The second kappa shape index (κ2) is 6.33. The molecule has 0 fully saturated rings. The van der Waals surface area contributed by atoms with Gasteiger partial charge in [0.25, 0.3) is 0 Å². The largest absolute Gasteiger partial charge is 0.487 e. The maximum absolute atomic E-state index is 6.10. The van der Waals surface area contributed by atoms with Crippen molar-refractivity contribution in [2.75, 3.05) is 0 Å². The Morgan fingerprint density at radius 1 is 0.833 bits per heavy atom. The molecule has 1 nitrogen and oxygen atoms in total. The van der Waals surface area contributed by atoms with E-state index >= 15 is 0 Å². The molecule has 0 aliphatic carbocycles. The molecule has 0 heterocycles. The molecule has 0 spiro atoms. The van der Waals surface area contributed by atoms with E-state index in [2.05, 4.69) is 0 Å². The van der Waals surface area contributed by atoms with Crippen LogP contribution in [-0.4, -0.2) is 0 Å². The number of para-hydroxylation sites is 1. The van der Waals surface area contributed by atoms with Crippen LogP contribution in [0, 0.1) is 0 Å². The van der Waals surface area contributed by atoms with Gasteiger partial charge in [-0.3, -0.25) is 0 Å². The lowest BCUT2D eigenvalue weighted by Gasteiger charge is -2.12. The molecule has 0 atom stereocenters. The Morgan fingerprint density at radius 2 is 1.50 bits per heavy atom. The fourth-order valence-corrected chi connectivity index (χ4v) is 2.24. The summed E-state index contributed by atoms with van der Waals surface area (Å²) in [5, 5.41) is 1.23. The molecule has 0 aromatic heterocycles. The molecule has 2 aromatic carbocycles. The van der Waals surface area contributed by atoms with Gasteiger partial charge < -0.3 is 4.74 Å². The Hall–Kier alpha value is -0.890. The minimum absolute atomic E-state index is 0.360. The summed E-state index contributed by atoms with van der Waals surface area (Å²) in [7, 11) is 0. The van der Waals surface area contributed by atoms with Crippen LogP contribution < -0.4 is 4.74 Å². The minimum Gasteiger partial charge on any atom is -0.487 e. The van der Waals surface area contributed by atoms with E-state index in [0.717, 1.165) is 11.1 Å². The summed E-state index contributed by atoms with van der Waals surface area (Å²) in [6, 6.07) is 13.1. The van der Waals surface area contributed by atoms with Crippen LogP contribution in [0.15, 0.2) is 42.5 Å². The zero-order chi connectivity index (χ0) is 13.0. The maximum atomic E-state index is 6.10. The number of halogens is 3. The Labute approximate surface area is 121 Å². The van der Waals surface area contributed by atoms with Crippen molar-refractivity contribution in [1.29, 1.82) is 0 Å². The van der Waals surface area contributed by atoms with Gasteiger partial charge >= 0.3 is 0 Å². The van der Waals surface area contributed by atoms with Crippen LogP contribution in [0.25, 0.3) is 0 Å². The smallest absolute Gasteiger partial charge is 0.142 e. The van der Waals surface area contributed by atoms with Crippen molar-refractivity contribution >= 4 is 34.8 Å². The lowest BCUT2D eigenvalue weighted by molar-refractivity contribution is 0.304. The Morgan fingerprint density at radius 3 is 2.22 bits per heavy atom. The van der Waals surface area contributed by atoms with Gasteiger partial charge in [0.15, 0.2) is 0 Å². The standard InChI is InChI=1S/C14H11Cl3O/c15-8-10-5-3-7-13(17)14(10)18-9-11-4-1-2-6-12(11)16/h1-7H,8-9H2. The van der Waals surface area contributed by atoms with Gasteiger partial charge in [0.2, 0.25) is 0 Å². The molecule has 0 amide bonds. The van der Waals surface area contributed by atoms with Crippen LogP contribution in [0.2, 0.25) is 10.0 Å². The molecule has 94 valence electrons. The third-order valence-electron chi connectivity index (χ3n) is 2.52. The molecule has 0 aliphatic heterocycles. The molecule has 18 heavy (non-hydrogen) atoms. The van der Waals surface area contributed by atoms with E-state index in [4.69, 9.17) is 39.5 Å². The van der Waals surface area contributed by atoms with Crippen molar-refractivity contribution in [3.63, 3.8) is 0 Å². The highest BCUT2D eigenvalue weighted by atomic mass is 35.5. The Kier molecular flexibility index (Phi) is 4.76. The molecule has 2 rings (SSSR count). The molecule has 0 saturated carbocycles. The van der Waals surface area contributed by atoms with Crippen molar-refractivity contribution in [3.8, 4) is 5.75 Å². The van der Waals surface area contributed by atoms with Gasteiger partial charge in [0, 0.05) is 16.1 Å². The van der Waals surface area contributed by atoms with Crippen LogP contribution in [0.5, 0.6) is 5.75 Å². The van der Waals surface area contributed by atoms with Gasteiger partial charge in [0.05, 0.1) is 10.9 Å². The van der Waals surface area contributed by atoms with Crippen molar-refractivity contribution in [1.82, 2.24) is 0 Å². The second-order valence-electron chi connectivity index (χ2n) is 3.74. The lowest BCUT2D eigenvalue weighted by Crippen LogP contribution is -1.99. The summed E-state index contributed by atoms with van der Waals surface area (Å²) in [4.78, 5) is 0. The molecule has 4 heteroatoms. The van der Waals surface area contributed by atoms with Gasteiger partial charge in [-0.2, -0.15) is 0 Å². The van der Waals surface area contributed by atoms with Gasteiger partial charge in [-0.25, -0.2) is 0 Å². The van der Waals surface area contributed by atoms with Crippen LogP contribution in [0.3, 0.4) is 0 Å². The van der Waals surface area contributed by atoms with Crippen molar-refractivity contribution in [3.05, 3.63) is 63.6 Å². The van der Waals surface area contributed by atoms with E-state index in [0.29, 0.717) is 28.3 Å². The number of hydrogen-bond donors (Lipinski definition) is 0. The third-order valence-corrected chi connectivity index (χ3v) is 3.48. The third kappa shape index (κ3) is 3.11. The van der Waals surface area contributed by atoms with Crippen LogP contribution in [-0.2, 0) is 12.5 Å². The van der Waals surface area contributed by atoms with Crippen molar-refractivity contribution in [2.45, 2.75) is 12.5 Å². The zero-order valence-corrected chi connectivity index (χ0v) is 11.8. The number of hydrogen-bond acceptors (Lipinski definition) is 1. The molecule has 0 saturated heterocycles. The van der Waals surface area contributed by atoms with E-state index in [1.165, 1.54) is 0 Å². The number of alkyl halides is 1. The first-order valence-corrected chi connectivity index (χ1v) is 6.71. The average Bonchev–Trinajstić information content (AvgIpc) is 2.39. The zero-order valence-electron chi connectivity index (χ0n) is 9.50. The number of benzene rings is 2. The van der Waals surface area contributed by atoms with Crippen molar-refractivity contribution in [2.24, 2.45) is 0 Å². The van der Waals surface area contributed by atoms with Gasteiger partial charge in [0.1, 0.15) is 12.4 Å². The molecule has 0 unspecified atom stereocenters. The lowest BCUT2D eigenvalue weighted by atomic mass is 10.2. The first-order chi connectivity index (χ1) is 8.72. The summed E-state index contributed by atoms with van der Waals surface area (Å²) in [5.74, 6) is 0.979. The quantitative estimate of drug-likeness (QED) is 0.695. The summed E-state index contributed by atoms with van der Waals surface area (Å²) >= 11 is 18.0. The molecular weight excluding hydrogens is 291 g/mol. The predicted molar refractivity (Wildman–Crippen MR) is 76.8 cm³/mol. The normalized spacial score (nSPS) is 10.4. The van der Waals surface area contributed by atoms with Crippen LogP contribution in [0.4, 0.5) is 0 Å². The van der Waals surface area contributed by atoms with E-state index in [1.807, 2.05) is 36.4 Å². The van der Waals surface area contributed by atoms with E-state index in [9.17, 15) is 0 Å². The van der Waals surface area contributed by atoms with Crippen LogP contribution >= 0.6 is 34.8 Å². The first-order valence-electron chi connectivity index (χ1n) is 5.42. The Balaban J connectivity index is 2.18. The molecule has 0 N–H and O–H groups in total.